The van der Waals surface area contributed by atoms with Crippen molar-refractivity contribution in [1.82, 2.24) is 15.1 Å². The van der Waals surface area contributed by atoms with E-state index >= 15 is 0 Å². The summed E-state index contributed by atoms with van der Waals surface area (Å²) in [4.78, 5) is 0. The molecule has 0 amide bonds. The molecule has 17 heavy (non-hydrogen) atoms. The maximum absolute atomic E-state index is 4.17. The lowest BCUT2D eigenvalue weighted by molar-refractivity contribution is 0.457. The zero-order chi connectivity index (χ0) is 12.7. The molecule has 0 aliphatic rings. The fourth-order valence-electron chi connectivity index (χ4n) is 2.03. The van der Waals surface area contributed by atoms with Gasteiger partial charge in [-0.3, -0.25) is 4.68 Å². The van der Waals surface area contributed by atoms with Gasteiger partial charge in [0.25, 0.3) is 0 Å². The van der Waals surface area contributed by atoms with Crippen LogP contribution in [0.4, 0.5) is 0 Å². The summed E-state index contributed by atoms with van der Waals surface area (Å²) in [6.07, 6.45) is 6.88. The Hall–Kier alpha value is -0.830. The van der Waals surface area contributed by atoms with Crippen molar-refractivity contribution in [3.8, 4) is 0 Å². The van der Waals surface area contributed by atoms with E-state index in [4.69, 9.17) is 0 Å². The molecular weight excluding hydrogens is 210 g/mol. The first kappa shape index (κ1) is 14.2. The Morgan fingerprint density at radius 2 is 2.06 bits per heavy atom. The highest BCUT2D eigenvalue weighted by molar-refractivity contribution is 5.00. The van der Waals surface area contributed by atoms with Crippen molar-refractivity contribution in [2.24, 2.45) is 13.0 Å². The lowest BCUT2D eigenvalue weighted by Crippen LogP contribution is -2.28. The molecule has 3 heteroatoms. The third-order valence-electron chi connectivity index (χ3n) is 3.22. The Morgan fingerprint density at radius 1 is 1.29 bits per heavy atom. The molecule has 0 aliphatic heterocycles. The minimum atomic E-state index is 0.627. The average Bonchev–Trinajstić information content (AvgIpc) is 2.64. The van der Waals surface area contributed by atoms with Crippen LogP contribution in [0, 0.1) is 5.92 Å². The number of aromatic nitrogens is 2. The van der Waals surface area contributed by atoms with Gasteiger partial charge in [0.1, 0.15) is 0 Å². The van der Waals surface area contributed by atoms with E-state index in [0.29, 0.717) is 6.04 Å². The summed E-state index contributed by atoms with van der Waals surface area (Å²) in [6, 6.07) is 2.72. The van der Waals surface area contributed by atoms with Gasteiger partial charge in [0.15, 0.2) is 0 Å². The highest BCUT2D eigenvalue weighted by atomic mass is 15.3. The minimum absolute atomic E-state index is 0.627. The van der Waals surface area contributed by atoms with Gasteiger partial charge >= 0.3 is 0 Å². The van der Waals surface area contributed by atoms with Crippen molar-refractivity contribution >= 4 is 0 Å². The first-order valence-corrected chi connectivity index (χ1v) is 6.80. The average molecular weight is 237 g/mol. The van der Waals surface area contributed by atoms with Gasteiger partial charge in [-0.2, -0.15) is 5.10 Å². The monoisotopic (exact) mass is 237 g/mol. The van der Waals surface area contributed by atoms with Crippen molar-refractivity contribution in [2.75, 3.05) is 6.54 Å². The van der Waals surface area contributed by atoms with Gasteiger partial charge in [-0.05, 0) is 25.3 Å². The Labute approximate surface area is 106 Å². The molecule has 0 aliphatic carbocycles. The van der Waals surface area contributed by atoms with E-state index in [-0.39, 0.29) is 0 Å². The predicted molar refractivity (Wildman–Crippen MR) is 73.1 cm³/mol. The minimum Gasteiger partial charge on any atom is -0.314 e. The number of hydrogen-bond donors (Lipinski definition) is 1. The maximum atomic E-state index is 4.17. The summed E-state index contributed by atoms with van der Waals surface area (Å²) in [6.45, 7) is 7.91. The third-order valence-corrected chi connectivity index (χ3v) is 3.22. The molecule has 3 nitrogen and oxygen atoms in total. The zero-order valence-electron chi connectivity index (χ0n) is 11.7. The highest BCUT2D eigenvalue weighted by Gasteiger charge is 2.03. The molecule has 0 spiro atoms. The van der Waals surface area contributed by atoms with Crippen LogP contribution in [-0.4, -0.2) is 22.4 Å². The van der Waals surface area contributed by atoms with Crippen molar-refractivity contribution in [3.63, 3.8) is 0 Å². The van der Waals surface area contributed by atoms with Crippen molar-refractivity contribution in [3.05, 3.63) is 18.0 Å². The van der Waals surface area contributed by atoms with Gasteiger partial charge in [-0.25, -0.2) is 0 Å². The summed E-state index contributed by atoms with van der Waals surface area (Å²) < 4.78 is 1.95. The van der Waals surface area contributed by atoms with Crippen LogP contribution in [0.5, 0.6) is 0 Å². The molecule has 1 aromatic rings. The summed E-state index contributed by atoms with van der Waals surface area (Å²) in [7, 11) is 2.00. The number of aryl methyl sites for hydroxylation is 1. The van der Waals surface area contributed by atoms with Crippen LogP contribution in [0.15, 0.2) is 12.3 Å². The summed E-state index contributed by atoms with van der Waals surface area (Å²) in [5, 5.41) is 7.75. The molecule has 0 fully saturated rings. The number of rotatable bonds is 8. The van der Waals surface area contributed by atoms with E-state index in [1.807, 2.05) is 17.9 Å². The predicted octanol–water partition coefficient (Wildman–Crippen LogP) is 2.77. The van der Waals surface area contributed by atoms with E-state index in [1.165, 1.54) is 25.0 Å². The molecule has 1 N–H and O–H groups in total. The van der Waals surface area contributed by atoms with E-state index in [1.54, 1.807) is 0 Å². The highest BCUT2D eigenvalue weighted by Crippen LogP contribution is 2.08. The van der Waals surface area contributed by atoms with Crippen molar-refractivity contribution in [2.45, 2.75) is 52.5 Å². The molecule has 0 bridgehead atoms. The quantitative estimate of drug-likeness (QED) is 0.753. The van der Waals surface area contributed by atoms with Gasteiger partial charge < -0.3 is 5.32 Å². The third kappa shape index (κ3) is 5.87. The van der Waals surface area contributed by atoms with E-state index in [0.717, 1.165) is 18.9 Å². The van der Waals surface area contributed by atoms with Crippen LogP contribution >= 0.6 is 0 Å². The largest absolute Gasteiger partial charge is 0.314 e. The smallest absolute Gasteiger partial charge is 0.0492 e. The second-order valence-electron chi connectivity index (χ2n) is 5.38. The standard InChI is InChI=1S/C14H27N3/c1-12(2)6-5-7-13(3)15-10-8-14-9-11-16-17(14)4/h9,11-13,15H,5-8,10H2,1-4H3. The number of nitrogens with one attached hydrogen (secondary N) is 1. The van der Waals surface area contributed by atoms with E-state index in [2.05, 4.69) is 37.3 Å². The molecule has 0 saturated heterocycles. The van der Waals surface area contributed by atoms with E-state index in [9.17, 15) is 0 Å². The van der Waals surface area contributed by atoms with Gasteiger partial charge in [0.2, 0.25) is 0 Å². The van der Waals surface area contributed by atoms with Crippen LogP contribution in [0.2, 0.25) is 0 Å². The molecule has 1 heterocycles. The summed E-state index contributed by atoms with van der Waals surface area (Å²) in [5.41, 5.74) is 1.30. The molecule has 1 rings (SSSR count). The molecule has 0 saturated carbocycles. The van der Waals surface area contributed by atoms with Gasteiger partial charge in [-0.15, -0.1) is 0 Å². The lowest BCUT2D eigenvalue weighted by Gasteiger charge is -2.14. The number of nitrogens with zero attached hydrogens (tertiary/aromatic N) is 2. The molecule has 1 aromatic heterocycles. The molecule has 0 aromatic carbocycles. The van der Waals surface area contributed by atoms with Gasteiger partial charge in [0.05, 0.1) is 0 Å². The number of hydrogen-bond acceptors (Lipinski definition) is 2. The molecular formula is C14H27N3. The van der Waals surface area contributed by atoms with Crippen molar-refractivity contribution < 1.29 is 0 Å². The van der Waals surface area contributed by atoms with Crippen LogP contribution in [0.3, 0.4) is 0 Å². The van der Waals surface area contributed by atoms with Crippen LogP contribution in [0.25, 0.3) is 0 Å². The Balaban J connectivity index is 2.08. The summed E-state index contributed by atoms with van der Waals surface area (Å²) in [5.74, 6) is 0.830. The van der Waals surface area contributed by atoms with Crippen LogP contribution in [0.1, 0.15) is 45.7 Å². The molecule has 98 valence electrons. The second-order valence-corrected chi connectivity index (χ2v) is 5.38. The first-order valence-electron chi connectivity index (χ1n) is 6.80. The van der Waals surface area contributed by atoms with Crippen LogP contribution < -0.4 is 5.32 Å². The fraction of sp³-hybridized carbons (Fsp3) is 0.786. The molecule has 0 radical (unpaired) electrons. The molecule has 1 atom stereocenters. The SMILES string of the molecule is CC(C)CCCC(C)NCCc1ccnn1C. The normalized spacial score (nSPS) is 13.2. The van der Waals surface area contributed by atoms with Gasteiger partial charge in [-0.1, -0.05) is 26.7 Å². The Kier molecular flexibility index (Phi) is 6.27. The zero-order valence-corrected chi connectivity index (χ0v) is 11.7. The maximum Gasteiger partial charge on any atom is 0.0492 e. The Morgan fingerprint density at radius 3 is 2.65 bits per heavy atom. The van der Waals surface area contributed by atoms with Crippen LogP contribution in [-0.2, 0) is 13.5 Å². The van der Waals surface area contributed by atoms with Gasteiger partial charge in [0, 0.05) is 37.9 Å². The lowest BCUT2D eigenvalue weighted by atomic mass is 10.0. The fourth-order valence-corrected chi connectivity index (χ4v) is 2.03. The first-order chi connectivity index (χ1) is 8.09. The summed E-state index contributed by atoms with van der Waals surface area (Å²) >= 11 is 0. The topological polar surface area (TPSA) is 29.9 Å². The van der Waals surface area contributed by atoms with E-state index < -0.39 is 0 Å². The van der Waals surface area contributed by atoms with Crippen molar-refractivity contribution in [1.29, 1.82) is 0 Å². The second kappa shape index (κ2) is 7.49. The Bertz CT molecular complexity index is 304. The molecule has 1 unspecified atom stereocenters.